The topological polar surface area (TPSA) is 18.5 Å². The van der Waals surface area contributed by atoms with Gasteiger partial charge in [-0.2, -0.15) is 0 Å². The van der Waals surface area contributed by atoms with Crippen molar-refractivity contribution in [1.29, 1.82) is 0 Å². The number of fused-ring (bicyclic) bond motifs is 1. The van der Waals surface area contributed by atoms with E-state index in [0.29, 0.717) is 0 Å². The second kappa shape index (κ2) is 6.46. The van der Waals surface area contributed by atoms with Crippen LogP contribution in [0.4, 0.5) is 5.69 Å². The van der Waals surface area contributed by atoms with Gasteiger partial charge in [0.25, 0.3) is 0 Å². The highest BCUT2D eigenvalue weighted by Gasteiger charge is 2.30. The summed E-state index contributed by atoms with van der Waals surface area (Å²) in [5.74, 6) is 0. The van der Waals surface area contributed by atoms with Gasteiger partial charge in [0.05, 0.1) is 0 Å². The molecule has 0 spiro atoms. The van der Waals surface area contributed by atoms with Crippen LogP contribution in [0.5, 0.6) is 0 Å². The van der Waals surface area contributed by atoms with Gasteiger partial charge in [0.2, 0.25) is 0 Å². The Labute approximate surface area is 130 Å². The molecule has 2 aliphatic heterocycles. The minimum Gasteiger partial charge on any atom is -0.369 e. The summed E-state index contributed by atoms with van der Waals surface area (Å²) < 4.78 is 1.23. The van der Waals surface area contributed by atoms with Crippen molar-refractivity contribution in [3.63, 3.8) is 0 Å². The van der Waals surface area contributed by atoms with Crippen molar-refractivity contribution in [2.45, 2.75) is 32.4 Å². The van der Waals surface area contributed by atoms with E-state index < -0.39 is 0 Å². The van der Waals surface area contributed by atoms with Gasteiger partial charge in [0, 0.05) is 42.4 Å². The molecule has 0 saturated carbocycles. The molecule has 4 heteroatoms. The van der Waals surface area contributed by atoms with Gasteiger partial charge in [-0.3, -0.25) is 4.90 Å². The normalized spacial score (nSPS) is 23.1. The van der Waals surface area contributed by atoms with Crippen molar-refractivity contribution < 1.29 is 0 Å². The van der Waals surface area contributed by atoms with E-state index >= 15 is 0 Å². The summed E-state index contributed by atoms with van der Waals surface area (Å²) in [7, 11) is 0. The van der Waals surface area contributed by atoms with Crippen LogP contribution in [0.25, 0.3) is 0 Å². The molecule has 2 fully saturated rings. The fourth-order valence-electron chi connectivity index (χ4n) is 3.36. The van der Waals surface area contributed by atoms with E-state index in [-0.39, 0.29) is 0 Å². The second-order valence-electron chi connectivity index (χ2n) is 5.83. The number of hydrogen-bond donors (Lipinski definition) is 1. The van der Waals surface area contributed by atoms with Crippen LogP contribution < -0.4 is 10.2 Å². The molecular weight excluding hydrogens is 314 g/mol. The first-order valence-electron chi connectivity index (χ1n) is 7.76. The van der Waals surface area contributed by atoms with Crippen molar-refractivity contribution in [2.24, 2.45) is 0 Å². The molecule has 20 heavy (non-hydrogen) atoms. The molecule has 0 radical (unpaired) electrons. The molecule has 0 aromatic heterocycles. The summed E-state index contributed by atoms with van der Waals surface area (Å²) in [6.45, 7) is 8.98. The zero-order valence-electron chi connectivity index (χ0n) is 12.2. The third-order valence-corrected chi connectivity index (χ3v) is 5.29. The fourth-order valence-corrected chi connectivity index (χ4v) is 3.87. The minimum absolute atomic E-state index is 0.781. The number of benzene rings is 1. The molecule has 3 nitrogen and oxygen atoms in total. The summed E-state index contributed by atoms with van der Waals surface area (Å²) in [5, 5.41) is 3.38. The van der Waals surface area contributed by atoms with Gasteiger partial charge in [-0.25, -0.2) is 0 Å². The zero-order chi connectivity index (χ0) is 13.9. The highest BCUT2D eigenvalue weighted by Crippen LogP contribution is 2.28. The lowest BCUT2D eigenvalue weighted by Gasteiger charge is -2.39. The summed E-state index contributed by atoms with van der Waals surface area (Å²) >= 11 is 3.72. The van der Waals surface area contributed by atoms with Crippen LogP contribution in [-0.2, 0) is 6.54 Å². The molecule has 110 valence electrons. The van der Waals surface area contributed by atoms with Crippen molar-refractivity contribution in [1.82, 2.24) is 10.2 Å². The number of halogens is 1. The van der Waals surface area contributed by atoms with Crippen LogP contribution in [0.3, 0.4) is 0 Å². The third kappa shape index (κ3) is 3.02. The number of nitrogens with one attached hydrogen (secondary N) is 1. The Morgan fingerprint density at radius 2 is 2.20 bits per heavy atom. The lowest BCUT2D eigenvalue weighted by atomic mass is 10.1. The summed E-state index contributed by atoms with van der Waals surface area (Å²) in [6.07, 6.45) is 2.75. The number of hydrogen-bond acceptors (Lipinski definition) is 3. The van der Waals surface area contributed by atoms with Crippen molar-refractivity contribution in [2.75, 3.05) is 37.6 Å². The second-order valence-corrected chi connectivity index (χ2v) is 6.69. The van der Waals surface area contributed by atoms with Crippen LogP contribution in [0.15, 0.2) is 22.7 Å². The average Bonchev–Trinajstić information content (AvgIpc) is 2.93. The van der Waals surface area contributed by atoms with Crippen LogP contribution in [0.1, 0.15) is 25.3 Å². The SMILES string of the molecule is CCNCc1ccc(N2CCN3CCCC3C2)cc1Br. The Kier molecular flexibility index (Phi) is 4.64. The number of nitrogens with zero attached hydrogens (tertiary/aromatic N) is 2. The highest BCUT2D eigenvalue weighted by molar-refractivity contribution is 9.10. The van der Waals surface area contributed by atoms with Gasteiger partial charge in [-0.05, 0) is 43.6 Å². The predicted octanol–water partition coefficient (Wildman–Crippen LogP) is 2.84. The Morgan fingerprint density at radius 1 is 1.30 bits per heavy atom. The van der Waals surface area contributed by atoms with E-state index in [1.807, 2.05) is 0 Å². The molecule has 1 aromatic rings. The van der Waals surface area contributed by atoms with Gasteiger partial charge in [-0.15, -0.1) is 0 Å². The van der Waals surface area contributed by atoms with E-state index in [1.165, 1.54) is 48.2 Å². The molecule has 1 unspecified atom stereocenters. The summed E-state index contributed by atoms with van der Waals surface area (Å²) in [4.78, 5) is 5.21. The Morgan fingerprint density at radius 3 is 3.00 bits per heavy atom. The quantitative estimate of drug-likeness (QED) is 0.911. The standard InChI is InChI=1S/C16H24BrN3/c1-2-18-11-13-5-6-14(10-16(13)17)20-9-8-19-7-3-4-15(19)12-20/h5-6,10,15,18H,2-4,7-9,11-12H2,1H3. The molecule has 1 atom stereocenters. The summed E-state index contributed by atoms with van der Waals surface area (Å²) in [6, 6.07) is 7.60. The lowest BCUT2D eigenvalue weighted by molar-refractivity contribution is 0.231. The van der Waals surface area contributed by atoms with E-state index in [4.69, 9.17) is 0 Å². The maximum Gasteiger partial charge on any atom is 0.0378 e. The Bertz CT molecular complexity index is 463. The first-order valence-corrected chi connectivity index (χ1v) is 8.55. The highest BCUT2D eigenvalue weighted by atomic mass is 79.9. The first kappa shape index (κ1) is 14.4. The van der Waals surface area contributed by atoms with Crippen molar-refractivity contribution >= 4 is 21.6 Å². The third-order valence-electron chi connectivity index (χ3n) is 4.55. The largest absolute Gasteiger partial charge is 0.369 e. The molecule has 0 bridgehead atoms. The Balaban J connectivity index is 1.69. The van der Waals surface area contributed by atoms with Crippen LogP contribution in [0.2, 0.25) is 0 Å². The molecule has 3 rings (SSSR count). The maximum absolute atomic E-state index is 3.72. The number of anilines is 1. The molecule has 1 N–H and O–H groups in total. The molecule has 0 amide bonds. The smallest absolute Gasteiger partial charge is 0.0378 e. The number of rotatable bonds is 4. The van der Waals surface area contributed by atoms with Gasteiger partial charge < -0.3 is 10.2 Å². The van der Waals surface area contributed by atoms with Crippen LogP contribution in [-0.4, -0.2) is 43.7 Å². The summed E-state index contributed by atoms with van der Waals surface area (Å²) in [5.41, 5.74) is 2.71. The lowest BCUT2D eigenvalue weighted by Crippen LogP contribution is -2.50. The Hall–Kier alpha value is -0.580. The average molecular weight is 338 g/mol. The molecule has 1 aromatic carbocycles. The van der Waals surface area contributed by atoms with Crippen LogP contribution >= 0.6 is 15.9 Å². The maximum atomic E-state index is 3.72. The van der Waals surface area contributed by atoms with Crippen molar-refractivity contribution in [3.05, 3.63) is 28.2 Å². The van der Waals surface area contributed by atoms with E-state index in [1.54, 1.807) is 0 Å². The first-order chi connectivity index (χ1) is 9.78. The van der Waals surface area contributed by atoms with Gasteiger partial charge >= 0.3 is 0 Å². The minimum atomic E-state index is 0.781. The number of piperazine rings is 1. The van der Waals surface area contributed by atoms with E-state index in [9.17, 15) is 0 Å². The molecule has 2 aliphatic rings. The molecule has 2 saturated heterocycles. The monoisotopic (exact) mass is 337 g/mol. The van der Waals surface area contributed by atoms with E-state index in [2.05, 4.69) is 56.2 Å². The fraction of sp³-hybridized carbons (Fsp3) is 0.625. The van der Waals surface area contributed by atoms with Gasteiger partial charge in [0.15, 0.2) is 0 Å². The van der Waals surface area contributed by atoms with Gasteiger partial charge in [-0.1, -0.05) is 28.9 Å². The van der Waals surface area contributed by atoms with E-state index in [0.717, 1.165) is 25.7 Å². The molecular formula is C16H24BrN3. The van der Waals surface area contributed by atoms with Crippen molar-refractivity contribution in [3.8, 4) is 0 Å². The molecule has 0 aliphatic carbocycles. The predicted molar refractivity (Wildman–Crippen MR) is 88.3 cm³/mol. The zero-order valence-corrected chi connectivity index (χ0v) is 13.8. The van der Waals surface area contributed by atoms with Crippen LogP contribution in [0, 0.1) is 0 Å². The van der Waals surface area contributed by atoms with Gasteiger partial charge in [0.1, 0.15) is 0 Å². The molecule has 2 heterocycles.